The molecular formula is C20H31Cl2N5O. The summed E-state index contributed by atoms with van der Waals surface area (Å²) in [6.07, 6.45) is 5.84. The minimum Gasteiger partial charge on any atom is -0.317 e. The second-order valence-electron chi connectivity index (χ2n) is 8.21. The third-order valence-corrected chi connectivity index (χ3v) is 6.32. The molecule has 4 rings (SSSR count). The summed E-state index contributed by atoms with van der Waals surface area (Å²) in [5.41, 5.74) is 2.03. The first-order valence-electron chi connectivity index (χ1n) is 9.76. The van der Waals surface area contributed by atoms with Gasteiger partial charge < -0.3 is 15.5 Å². The topological polar surface area (TPSA) is 69.6 Å². The molecule has 1 aromatic rings. The van der Waals surface area contributed by atoms with Gasteiger partial charge in [-0.25, -0.2) is 0 Å². The summed E-state index contributed by atoms with van der Waals surface area (Å²) < 4.78 is 0. The maximum absolute atomic E-state index is 12.3. The van der Waals surface area contributed by atoms with Crippen LogP contribution in [0.4, 0.5) is 0 Å². The zero-order valence-electron chi connectivity index (χ0n) is 16.7. The van der Waals surface area contributed by atoms with Gasteiger partial charge in [0.15, 0.2) is 0 Å². The van der Waals surface area contributed by atoms with Gasteiger partial charge in [0.05, 0.1) is 0 Å². The van der Waals surface area contributed by atoms with Crippen LogP contribution in [0, 0.1) is 6.92 Å². The number of carbonyl (C=O) groups is 1. The lowest BCUT2D eigenvalue weighted by molar-refractivity contribution is -0.125. The third kappa shape index (κ3) is 4.35. The van der Waals surface area contributed by atoms with Crippen molar-refractivity contribution >= 4 is 36.6 Å². The molecule has 0 radical (unpaired) electrons. The molecule has 156 valence electrons. The molecule has 2 fully saturated rings. The predicted octanol–water partition coefficient (Wildman–Crippen LogP) is 2.24. The Hall–Kier alpha value is -1.21. The smallest absolute Gasteiger partial charge is 0.253 e. The van der Waals surface area contributed by atoms with Crippen LogP contribution in [0.1, 0.15) is 43.9 Å². The second kappa shape index (κ2) is 9.08. The summed E-state index contributed by atoms with van der Waals surface area (Å²) in [6.45, 7) is 8.91. The fraction of sp³-hybridized carbons (Fsp3) is 0.650. The number of amidine groups is 1. The van der Waals surface area contributed by atoms with Crippen molar-refractivity contribution in [3.8, 4) is 0 Å². The molecule has 2 N–H and O–H groups in total. The first-order valence-corrected chi connectivity index (χ1v) is 9.76. The summed E-state index contributed by atoms with van der Waals surface area (Å²) in [5.74, 6) is 0.855. The van der Waals surface area contributed by atoms with Gasteiger partial charge >= 0.3 is 0 Å². The SMILES string of the molecule is CC1=NC2(CCN(CC3(c4ccc(C)cn4)CCNCC3)CC2)C(=O)N1.Cl.Cl. The maximum atomic E-state index is 12.3. The number of aryl methyl sites for hydroxylation is 1. The van der Waals surface area contributed by atoms with Crippen LogP contribution in [0.25, 0.3) is 0 Å². The second-order valence-corrected chi connectivity index (χ2v) is 8.21. The van der Waals surface area contributed by atoms with Gasteiger partial charge in [0.1, 0.15) is 11.4 Å². The molecule has 0 aliphatic carbocycles. The van der Waals surface area contributed by atoms with E-state index < -0.39 is 5.54 Å². The molecule has 3 aliphatic heterocycles. The molecule has 1 spiro atoms. The quantitative estimate of drug-likeness (QED) is 0.775. The van der Waals surface area contributed by atoms with Crippen LogP contribution in [0.15, 0.2) is 23.3 Å². The number of aliphatic imine (C=N–C) groups is 1. The summed E-state index contributed by atoms with van der Waals surface area (Å²) in [4.78, 5) is 24.3. The fourth-order valence-electron chi connectivity index (χ4n) is 4.71. The molecular weight excluding hydrogens is 397 g/mol. The number of amides is 1. The molecule has 28 heavy (non-hydrogen) atoms. The Bertz CT molecular complexity index is 708. The molecule has 0 saturated carbocycles. The van der Waals surface area contributed by atoms with Crippen molar-refractivity contribution in [1.82, 2.24) is 20.5 Å². The number of piperidine rings is 2. The minimum absolute atomic E-state index is 0. The van der Waals surface area contributed by atoms with Crippen molar-refractivity contribution in [3.63, 3.8) is 0 Å². The number of likely N-dealkylation sites (tertiary alicyclic amines) is 1. The maximum Gasteiger partial charge on any atom is 0.253 e. The molecule has 0 atom stereocenters. The normalized spacial score (nSPS) is 23.4. The van der Waals surface area contributed by atoms with Crippen LogP contribution in [0.3, 0.4) is 0 Å². The number of carbonyl (C=O) groups excluding carboxylic acids is 1. The average molecular weight is 428 g/mol. The molecule has 0 aromatic carbocycles. The number of nitrogens with zero attached hydrogens (tertiary/aromatic N) is 3. The van der Waals surface area contributed by atoms with E-state index in [1.54, 1.807) is 0 Å². The van der Waals surface area contributed by atoms with Gasteiger partial charge in [-0.2, -0.15) is 0 Å². The molecule has 0 unspecified atom stereocenters. The predicted molar refractivity (Wildman–Crippen MR) is 117 cm³/mol. The lowest BCUT2D eigenvalue weighted by atomic mass is 9.74. The summed E-state index contributed by atoms with van der Waals surface area (Å²) in [7, 11) is 0. The van der Waals surface area contributed by atoms with Crippen LogP contribution in [0.2, 0.25) is 0 Å². The molecule has 1 amide bonds. The minimum atomic E-state index is -0.510. The summed E-state index contributed by atoms with van der Waals surface area (Å²) in [6, 6.07) is 4.39. The Morgan fingerprint density at radius 1 is 1.07 bits per heavy atom. The Labute approximate surface area is 179 Å². The number of aromatic nitrogens is 1. The first-order chi connectivity index (χ1) is 12.5. The van der Waals surface area contributed by atoms with Gasteiger partial charge in [0, 0.05) is 36.9 Å². The zero-order chi connectivity index (χ0) is 18.2. The molecule has 4 heterocycles. The lowest BCUT2D eigenvalue weighted by Gasteiger charge is -2.44. The van der Waals surface area contributed by atoms with E-state index in [0.717, 1.165) is 64.2 Å². The first kappa shape index (κ1) is 23.1. The van der Waals surface area contributed by atoms with E-state index >= 15 is 0 Å². The molecule has 8 heteroatoms. The van der Waals surface area contributed by atoms with E-state index in [-0.39, 0.29) is 36.1 Å². The van der Waals surface area contributed by atoms with Gasteiger partial charge in [0.2, 0.25) is 0 Å². The van der Waals surface area contributed by atoms with Crippen molar-refractivity contribution in [2.75, 3.05) is 32.7 Å². The Morgan fingerprint density at radius 3 is 2.29 bits per heavy atom. The van der Waals surface area contributed by atoms with E-state index in [1.807, 2.05) is 13.1 Å². The lowest BCUT2D eigenvalue weighted by Crippen LogP contribution is -2.54. The van der Waals surface area contributed by atoms with Gasteiger partial charge in [0.25, 0.3) is 5.91 Å². The molecule has 2 saturated heterocycles. The number of nitrogens with one attached hydrogen (secondary N) is 2. The van der Waals surface area contributed by atoms with Crippen molar-refractivity contribution in [2.45, 2.75) is 50.5 Å². The Kier molecular flexibility index (Phi) is 7.48. The number of hydrogen-bond donors (Lipinski definition) is 2. The van der Waals surface area contributed by atoms with E-state index in [4.69, 9.17) is 4.98 Å². The zero-order valence-corrected chi connectivity index (χ0v) is 18.3. The van der Waals surface area contributed by atoms with Crippen molar-refractivity contribution in [3.05, 3.63) is 29.6 Å². The van der Waals surface area contributed by atoms with Crippen LogP contribution < -0.4 is 10.6 Å². The third-order valence-electron chi connectivity index (χ3n) is 6.32. The highest BCUT2D eigenvalue weighted by Crippen LogP contribution is 2.36. The Morgan fingerprint density at radius 2 is 1.75 bits per heavy atom. The number of hydrogen-bond acceptors (Lipinski definition) is 5. The highest BCUT2D eigenvalue weighted by molar-refractivity contribution is 6.07. The van der Waals surface area contributed by atoms with Gasteiger partial charge in [-0.15, -0.1) is 24.8 Å². The van der Waals surface area contributed by atoms with E-state index in [9.17, 15) is 4.79 Å². The fourth-order valence-corrected chi connectivity index (χ4v) is 4.71. The van der Waals surface area contributed by atoms with Crippen molar-refractivity contribution < 1.29 is 4.79 Å². The largest absolute Gasteiger partial charge is 0.317 e. The average Bonchev–Trinajstić information content (AvgIpc) is 2.91. The molecule has 1 aromatic heterocycles. The molecule has 0 bridgehead atoms. The highest BCUT2D eigenvalue weighted by atomic mass is 35.5. The van der Waals surface area contributed by atoms with Crippen LogP contribution in [-0.2, 0) is 10.2 Å². The number of rotatable bonds is 3. The molecule has 3 aliphatic rings. The highest BCUT2D eigenvalue weighted by Gasteiger charge is 2.46. The van der Waals surface area contributed by atoms with Gasteiger partial charge in [-0.3, -0.25) is 14.8 Å². The van der Waals surface area contributed by atoms with Gasteiger partial charge in [-0.05, 0) is 64.3 Å². The van der Waals surface area contributed by atoms with Crippen LogP contribution in [-0.4, -0.2) is 59.9 Å². The standard InChI is InChI=1S/C20H29N5O.2ClH/c1-15-3-4-17(22-13-15)19(5-9-21-10-6-19)14-25-11-7-20(8-12-25)18(26)23-16(2)24-20;;/h3-4,13,21H,5-12,14H2,1-2H3,(H,23,24,26);2*1H. The van der Waals surface area contributed by atoms with Crippen LogP contribution >= 0.6 is 24.8 Å². The number of halogens is 2. The summed E-state index contributed by atoms with van der Waals surface area (Å²) in [5, 5.41) is 6.38. The van der Waals surface area contributed by atoms with E-state index in [0.29, 0.717) is 0 Å². The van der Waals surface area contributed by atoms with Crippen molar-refractivity contribution in [2.24, 2.45) is 4.99 Å². The van der Waals surface area contributed by atoms with E-state index in [2.05, 4.69) is 39.6 Å². The number of pyridine rings is 1. The molecule has 6 nitrogen and oxygen atoms in total. The Balaban J connectivity index is 0.00000140. The van der Waals surface area contributed by atoms with E-state index in [1.165, 1.54) is 11.3 Å². The van der Waals surface area contributed by atoms with Crippen LogP contribution in [0.5, 0.6) is 0 Å². The summed E-state index contributed by atoms with van der Waals surface area (Å²) >= 11 is 0. The van der Waals surface area contributed by atoms with Gasteiger partial charge in [-0.1, -0.05) is 6.07 Å². The monoisotopic (exact) mass is 427 g/mol. The van der Waals surface area contributed by atoms with Crippen molar-refractivity contribution in [1.29, 1.82) is 0 Å².